The second-order valence-corrected chi connectivity index (χ2v) is 11.7. The summed E-state index contributed by atoms with van der Waals surface area (Å²) in [6.45, 7) is 6.94. The fraction of sp³-hybridized carbons (Fsp3) is 0.486. The molecule has 0 radical (unpaired) electrons. The van der Waals surface area contributed by atoms with Crippen LogP contribution in [0.1, 0.15) is 30.4 Å². The van der Waals surface area contributed by atoms with Crippen molar-refractivity contribution < 1.29 is 42.7 Å². The van der Waals surface area contributed by atoms with Crippen molar-refractivity contribution in [3.8, 4) is 11.5 Å². The van der Waals surface area contributed by atoms with E-state index in [0.717, 1.165) is 23.6 Å². The monoisotopic (exact) mass is 650 g/mol. The number of piperazine rings is 1. The van der Waals surface area contributed by atoms with Crippen molar-refractivity contribution in [3.63, 3.8) is 0 Å². The standard InChI is InChI=1S/C35H42N2O10/c1-2-43-35-25(9-15-41-17-18-42-16-14-38)27(28-22-44-29-6-4-3-5-26(29)33(28)39)20-32(47-35)34(40)37-12-10-36(11-13-37)21-24-7-8-30-31(19-24)46-23-45-30/h3-8,19-20,22,25,27,35,38H,2,9-18,21,23H2,1H3/t25-,27-,35+/m0/s1. The lowest BCUT2D eigenvalue weighted by atomic mass is 9.81. The van der Waals surface area contributed by atoms with Crippen LogP contribution < -0.4 is 14.9 Å². The van der Waals surface area contributed by atoms with Crippen LogP contribution in [0.15, 0.2) is 69.8 Å². The van der Waals surface area contributed by atoms with Crippen LogP contribution in [0.4, 0.5) is 0 Å². The second kappa shape index (κ2) is 15.8. The van der Waals surface area contributed by atoms with Crippen molar-refractivity contribution in [1.82, 2.24) is 9.80 Å². The van der Waals surface area contributed by atoms with E-state index in [4.69, 9.17) is 37.9 Å². The number of benzene rings is 2. The average Bonchev–Trinajstić information content (AvgIpc) is 3.57. The normalized spacial score (nSPS) is 21.1. The molecule has 0 unspecified atom stereocenters. The topological polar surface area (TPSA) is 129 Å². The number of fused-ring (bicyclic) bond motifs is 2. The minimum atomic E-state index is -0.777. The lowest BCUT2D eigenvalue weighted by Gasteiger charge is -2.39. The van der Waals surface area contributed by atoms with Crippen molar-refractivity contribution >= 4 is 16.9 Å². The second-order valence-electron chi connectivity index (χ2n) is 11.7. The minimum absolute atomic E-state index is 0.0459. The first-order valence-electron chi connectivity index (χ1n) is 16.2. The van der Waals surface area contributed by atoms with Crippen LogP contribution in [0, 0.1) is 5.92 Å². The molecule has 4 heterocycles. The van der Waals surface area contributed by atoms with Gasteiger partial charge in [0.05, 0.1) is 38.1 Å². The highest BCUT2D eigenvalue weighted by Crippen LogP contribution is 2.39. The summed E-state index contributed by atoms with van der Waals surface area (Å²) in [5.74, 6) is 0.611. The smallest absolute Gasteiger partial charge is 0.288 e. The Morgan fingerprint density at radius 3 is 2.57 bits per heavy atom. The average molecular weight is 651 g/mol. The molecule has 0 aliphatic carbocycles. The molecule has 1 fully saturated rings. The van der Waals surface area contributed by atoms with Crippen LogP contribution in [0.3, 0.4) is 0 Å². The number of carbonyl (C=O) groups is 1. The minimum Gasteiger partial charge on any atom is -0.464 e. The van der Waals surface area contributed by atoms with Gasteiger partial charge in [0, 0.05) is 63.3 Å². The summed E-state index contributed by atoms with van der Waals surface area (Å²) < 4.78 is 40.3. The number of aliphatic hydroxyl groups excluding tert-OH is 1. The van der Waals surface area contributed by atoms with E-state index < -0.39 is 12.2 Å². The summed E-state index contributed by atoms with van der Waals surface area (Å²) in [6.07, 6.45) is 2.97. The van der Waals surface area contributed by atoms with Gasteiger partial charge in [0.1, 0.15) is 5.58 Å². The Morgan fingerprint density at radius 1 is 0.979 bits per heavy atom. The van der Waals surface area contributed by atoms with Gasteiger partial charge in [0.2, 0.25) is 13.1 Å². The van der Waals surface area contributed by atoms with E-state index in [0.29, 0.717) is 75.6 Å². The summed E-state index contributed by atoms with van der Waals surface area (Å²) in [5, 5.41) is 9.38. The van der Waals surface area contributed by atoms with Crippen LogP contribution in [-0.2, 0) is 30.3 Å². The van der Waals surface area contributed by atoms with Gasteiger partial charge in [-0.2, -0.15) is 0 Å². The first kappa shape index (κ1) is 33.0. The third-order valence-electron chi connectivity index (χ3n) is 8.70. The Bertz CT molecular complexity index is 1600. The summed E-state index contributed by atoms with van der Waals surface area (Å²) in [5.41, 5.74) is 1.90. The molecule has 1 aromatic heterocycles. The number of rotatable bonds is 14. The Labute approximate surface area is 273 Å². The number of carbonyl (C=O) groups excluding carboxylic acids is 1. The molecule has 12 heteroatoms. The van der Waals surface area contributed by atoms with Gasteiger partial charge in [-0.1, -0.05) is 18.2 Å². The van der Waals surface area contributed by atoms with Crippen LogP contribution >= 0.6 is 0 Å². The molecule has 47 heavy (non-hydrogen) atoms. The van der Waals surface area contributed by atoms with Gasteiger partial charge in [-0.05, 0) is 49.2 Å². The highest BCUT2D eigenvalue weighted by atomic mass is 16.7. The van der Waals surface area contributed by atoms with E-state index in [-0.39, 0.29) is 43.0 Å². The lowest BCUT2D eigenvalue weighted by molar-refractivity contribution is -0.172. The maximum Gasteiger partial charge on any atom is 0.288 e. The van der Waals surface area contributed by atoms with Crippen LogP contribution in [0.2, 0.25) is 0 Å². The predicted octanol–water partition coefficient (Wildman–Crippen LogP) is 3.26. The third-order valence-corrected chi connectivity index (χ3v) is 8.70. The van der Waals surface area contributed by atoms with E-state index in [1.54, 1.807) is 29.2 Å². The van der Waals surface area contributed by atoms with Gasteiger partial charge in [0.15, 0.2) is 22.7 Å². The summed E-state index contributed by atoms with van der Waals surface area (Å²) >= 11 is 0. The molecular weight excluding hydrogens is 608 g/mol. The number of hydrogen-bond donors (Lipinski definition) is 1. The van der Waals surface area contributed by atoms with E-state index in [1.807, 2.05) is 31.2 Å². The first-order chi connectivity index (χ1) is 23.1. The summed E-state index contributed by atoms with van der Waals surface area (Å²) in [6, 6.07) is 13.1. The highest BCUT2D eigenvalue weighted by molar-refractivity contribution is 5.92. The van der Waals surface area contributed by atoms with Crippen molar-refractivity contribution in [2.45, 2.75) is 32.1 Å². The molecule has 3 aliphatic rings. The molecular formula is C35H42N2O10. The molecule has 6 rings (SSSR count). The van der Waals surface area contributed by atoms with Crippen molar-refractivity contribution in [3.05, 3.63) is 81.9 Å². The summed E-state index contributed by atoms with van der Waals surface area (Å²) in [7, 11) is 0. The molecule has 3 aliphatic heterocycles. The Hall–Kier alpha value is -3.94. The number of allylic oxidation sites excluding steroid dienone is 1. The molecule has 3 atom stereocenters. The molecule has 1 amide bonds. The Balaban J connectivity index is 1.18. The van der Waals surface area contributed by atoms with Gasteiger partial charge in [-0.3, -0.25) is 14.5 Å². The number of amides is 1. The number of aliphatic hydroxyl groups is 1. The number of para-hydroxylation sites is 1. The van der Waals surface area contributed by atoms with Gasteiger partial charge >= 0.3 is 0 Å². The van der Waals surface area contributed by atoms with Crippen LogP contribution in [-0.4, -0.2) is 99.7 Å². The maximum atomic E-state index is 13.9. The quantitative estimate of drug-likeness (QED) is 0.258. The number of ether oxygens (including phenoxy) is 6. The lowest BCUT2D eigenvalue weighted by Crippen LogP contribution is -2.50. The molecule has 2 aromatic carbocycles. The molecule has 0 saturated carbocycles. The van der Waals surface area contributed by atoms with E-state index in [2.05, 4.69) is 4.90 Å². The van der Waals surface area contributed by atoms with Gasteiger partial charge in [-0.15, -0.1) is 0 Å². The van der Waals surface area contributed by atoms with E-state index in [9.17, 15) is 9.59 Å². The highest BCUT2D eigenvalue weighted by Gasteiger charge is 2.40. The molecule has 12 nitrogen and oxygen atoms in total. The SMILES string of the molecule is CCO[C@@H]1OC(C(=O)N2CCN(Cc3ccc4c(c3)OCO4)CC2)=C[C@H](c2coc3ccccc3c2=O)[C@@H]1CCOCCOCCO. The van der Waals surface area contributed by atoms with Crippen molar-refractivity contribution in [2.75, 3.05) is 72.6 Å². The zero-order chi connectivity index (χ0) is 32.6. The first-order valence-corrected chi connectivity index (χ1v) is 16.2. The largest absolute Gasteiger partial charge is 0.464 e. The van der Waals surface area contributed by atoms with Gasteiger partial charge < -0.3 is 42.8 Å². The van der Waals surface area contributed by atoms with Crippen LogP contribution in [0.5, 0.6) is 11.5 Å². The molecule has 0 spiro atoms. The predicted molar refractivity (Wildman–Crippen MR) is 171 cm³/mol. The zero-order valence-electron chi connectivity index (χ0n) is 26.6. The van der Waals surface area contributed by atoms with Crippen molar-refractivity contribution in [1.29, 1.82) is 0 Å². The van der Waals surface area contributed by atoms with Crippen molar-refractivity contribution in [2.24, 2.45) is 5.92 Å². The number of hydrogen-bond acceptors (Lipinski definition) is 11. The Kier molecular flexibility index (Phi) is 11.1. The molecule has 1 saturated heterocycles. The summed E-state index contributed by atoms with van der Waals surface area (Å²) in [4.78, 5) is 31.8. The number of nitrogens with zero attached hydrogens (tertiary/aromatic N) is 2. The van der Waals surface area contributed by atoms with E-state index in [1.165, 1.54) is 6.26 Å². The van der Waals surface area contributed by atoms with Gasteiger partial charge in [-0.25, -0.2) is 0 Å². The maximum absolute atomic E-state index is 13.9. The van der Waals surface area contributed by atoms with Gasteiger partial charge in [0.25, 0.3) is 5.91 Å². The molecule has 252 valence electrons. The van der Waals surface area contributed by atoms with E-state index >= 15 is 0 Å². The molecule has 3 aromatic rings. The Morgan fingerprint density at radius 2 is 1.77 bits per heavy atom. The fourth-order valence-corrected chi connectivity index (χ4v) is 6.28. The molecule has 0 bridgehead atoms. The third kappa shape index (κ3) is 7.79. The fourth-order valence-electron chi connectivity index (χ4n) is 6.28. The molecule has 1 N–H and O–H groups in total. The van der Waals surface area contributed by atoms with Crippen LogP contribution in [0.25, 0.3) is 11.0 Å². The zero-order valence-corrected chi connectivity index (χ0v) is 26.6.